The van der Waals surface area contributed by atoms with Gasteiger partial charge < -0.3 is 44.9 Å². The summed E-state index contributed by atoms with van der Waals surface area (Å²) in [5.41, 5.74) is 7.98. The van der Waals surface area contributed by atoms with Gasteiger partial charge in [0.25, 0.3) is 0 Å². The molecule has 0 bridgehead atoms. The second-order valence-corrected chi connectivity index (χ2v) is 9.69. The Hall–Kier alpha value is -3.58. The number of benzene rings is 2. The lowest BCUT2D eigenvalue weighted by molar-refractivity contribution is 0.0170. The number of rotatable bonds is 17. The topological polar surface area (TPSA) is 170 Å². The van der Waals surface area contributed by atoms with Gasteiger partial charge in [0.15, 0.2) is 5.11 Å². The number of hydrogen-bond donors (Lipinski definition) is 5. The van der Waals surface area contributed by atoms with Crippen LogP contribution < -0.4 is 15.4 Å². The third kappa shape index (κ3) is 8.95. The molecule has 12 nitrogen and oxygen atoms in total. The van der Waals surface area contributed by atoms with Gasteiger partial charge in [0.1, 0.15) is 28.6 Å². The average Bonchev–Trinajstić information content (AvgIpc) is 2.94. The van der Waals surface area contributed by atoms with Crippen LogP contribution in [-0.4, -0.2) is 79.2 Å². The smallest absolute Gasteiger partial charge is 0.166 e. The number of aliphatic hydroxyl groups is 1. The summed E-state index contributed by atoms with van der Waals surface area (Å²) in [4.78, 5) is 2.65. The molecule has 0 aromatic heterocycles. The molecular weight excluding hydrogens is 550 g/mol. The van der Waals surface area contributed by atoms with Crippen molar-refractivity contribution in [3.63, 3.8) is 0 Å². The largest absolute Gasteiger partial charge is 0.508 e. The van der Waals surface area contributed by atoms with E-state index in [-0.39, 0.29) is 29.0 Å². The summed E-state index contributed by atoms with van der Waals surface area (Å²) in [7, 11) is 0. The zero-order valence-electron chi connectivity index (χ0n) is 23.0. The first-order chi connectivity index (χ1) is 19.8. The molecule has 1 atom stereocenters. The molecular formula is C28H37N5O7S. The van der Waals surface area contributed by atoms with Crippen LogP contribution in [-0.2, 0) is 19.8 Å². The molecule has 0 saturated heterocycles. The van der Waals surface area contributed by atoms with Crippen LogP contribution in [0, 0.1) is 0 Å². The SMILES string of the molecule is C=C(C[C@H](CC)NC(=S)NCCOCCOCCOCCN=[N+]=[N-])C1(O)c2ccc(O)cc2Oc2cc(O)ccc21. The Morgan fingerprint density at radius 1 is 1.02 bits per heavy atom. The molecule has 3 rings (SSSR count). The Balaban J connectivity index is 1.45. The lowest BCUT2D eigenvalue weighted by atomic mass is 9.76. The highest BCUT2D eigenvalue weighted by Gasteiger charge is 2.43. The van der Waals surface area contributed by atoms with Gasteiger partial charge >= 0.3 is 0 Å². The van der Waals surface area contributed by atoms with Crippen molar-refractivity contribution in [1.29, 1.82) is 0 Å². The predicted molar refractivity (Wildman–Crippen MR) is 157 cm³/mol. The number of nitrogens with one attached hydrogen (secondary N) is 2. The highest BCUT2D eigenvalue weighted by atomic mass is 32.1. The van der Waals surface area contributed by atoms with E-state index >= 15 is 0 Å². The van der Waals surface area contributed by atoms with Gasteiger partial charge in [0, 0.05) is 47.3 Å². The van der Waals surface area contributed by atoms with Crippen molar-refractivity contribution in [2.24, 2.45) is 5.11 Å². The van der Waals surface area contributed by atoms with Gasteiger partial charge in [-0.2, -0.15) is 0 Å². The van der Waals surface area contributed by atoms with Crippen molar-refractivity contribution in [3.8, 4) is 23.0 Å². The van der Waals surface area contributed by atoms with Gasteiger partial charge in [-0.05, 0) is 60.4 Å². The second kappa shape index (κ2) is 16.0. The van der Waals surface area contributed by atoms with E-state index in [1.54, 1.807) is 12.1 Å². The molecule has 0 amide bonds. The van der Waals surface area contributed by atoms with Crippen LogP contribution in [0.5, 0.6) is 23.0 Å². The fraction of sp³-hybridized carbons (Fsp3) is 0.464. The first-order valence-corrected chi connectivity index (χ1v) is 13.7. The summed E-state index contributed by atoms with van der Waals surface area (Å²) in [5.74, 6) is 0.550. The van der Waals surface area contributed by atoms with Crippen LogP contribution in [0.25, 0.3) is 10.4 Å². The summed E-state index contributed by atoms with van der Waals surface area (Å²) in [6, 6.07) is 8.92. The number of azide groups is 1. The fourth-order valence-corrected chi connectivity index (χ4v) is 4.61. The zero-order chi connectivity index (χ0) is 29.7. The van der Waals surface area contributed by atoms with E-state index in [4.69, 9.17) is 36.7 Å². The minimum Gasteiger partial charge on any atom is -0.508 e. The molecule has 5 N–H and O–H groups in total. The van der Waals surface area contributed by atoms with E-state index < -0.39 is 5.60 Å². The van der Waals surface area contributed by atoms with E-state index in [9.17, 15) is 15.3 Å². The molecule has 1 heterocycles. The van der Waals surface area contributed by atoms with E-state index in [0.29, 0.717) is 87.4 Å². The van der Waals surface area contributed by atoms with Gasteiger partial charge in [-0.15, -0.1) is 0 Å². The summed E-state index contributed by atoms with van der Waals surface area (Å²) < 4.78 is 22.1. The van der Waals surface area contributed by atoms with Crippen molar-refractivity contribution in [1.82, 2.24) is 10.6 Å². The van der Waals surface area contributed by atoms with Crippen LogP contribution in [0.4, 0.5) is 0 Å². The van der Waals surface area contributed by atoms with E-state index in [0.717, 1.165) is 0 Å². The first-order valence-electron chi connectivity index (χ1n) is 13.3. The molecule has 0 unspecified atom stereocenters. The Bertz CT molecular complexity index is 1190. The molecule has 0 spiro atoms. The number of phenols is 2. The third-order valence-corrected chi connectivity index (χ3v) is 6.70. The molecule has 2 aromatic carbocycles. The second-order valence-electron chi connectivity index (χ2n) is 9.28. The maximum Gasteiger partial charge on any atom is 0.166 e. The third-order valence-electron chi connectivity index (χ3n) is 6.44. The van der Waals surface area contributed by atoms with Crippen LogP contribution in [0.3, 0.4) is 0 Å². The number of hydrogen-bond acceptors (Lipinski definition) is 9. The molecule has 0 aliphatic carbocycles. The average molecular weight is 588 g/mol. The number of nitrogens with zero attached hydrogens (tertiary/aromatic N) is 3. The fourth-order valence-electron chi connectivity index (χ4n) is 4.34. The molecule has 41 heavy (non-hydrogen) atoms. The lowest BCUT2D eigenvalue weighted by Gasteiger charge is -2.38. The molecule has 1 aliphatic heterocycles. The maximum absolute atomic E-state index is 12.1. The number of thiocarbonyl (C=S) groups is 1. The molecule has 13 heteroatoms. The van der Waals surface area contributed by atoms with E-state index in [2.05, 4.69) is 27.2 Å². The predicted octanol–water partition coefficient (Wildman–Crippen LogP) is 3.99. The van der Waals surface area contributed by atoms with Crippen molar-refractivity contribution < 1.29 is 34.3 Å². The van der Waals surface area contributed by atoms with Gasteiger partial charge in [0.2, 0.25) is 0 Å². The number of phenolic OH excluding ortho intramolecular Hbond substituents is 2. The molecule has 1 aliphatic rings. The van der Waals surface area contributed by atoms with Crippen molar-refractivity contribution in [2.75, 3.05) is 52.7 Å². The standard InChI is InChI=1S/C28H37N5O7S/c1-3-20(32-27(41)30-8-10-37-12-14-39-15-13-38-11-9-31-33-29)16-19(2)28(36)23-6-4-21(34)17-25(23)40-26-18-22(35)5-7-24(26)28/h4-7,17-18,20,34-36H,2-3,8-16H2,1H3,(H2,30,32,41)/t20-/m0/s1. The van der Waals surface area contributed by atoms with Crippen LogP contribution in [0.15, 0.2) is 53.7 Å². The van der Waals surface area contributed by atoms with Crippen molar-refractivity contribution in [2.45, 2.75) is 31.4 Å². The zero-order valence-corrected chi connectivity index (χ0v) is 23.9. The number of fused-ring (bicyclic) bond motifs is 2. The quantitative estimate of drug-likeness (QED) is 0.0455. The maximum atomic E-state index is 12.1. The monoisotopic (exact) mass is 587 g/mol. The van der Waals surface area contributed by atoms with E-state index in [1.807, 2.05) is 6.92 Å². The summed E-state index contributed by atoms with van der Waals surface area (Å²) in [6.07, 6.45) is 1.10. The van der Waals surface area contributed by atoms with Gasteiger partial charge in [-0.25, -0.2) is 0 Å². The Labute approximate surface area is 244 Å². The van der Waals surface area contributed by atoms with Crippen LogP contribution in [0.1, 0.15) is 30.9 Å². The summed E-state index contributed by atoms with van der Waals surface area (Å²) in [5, 5.41) is 42.3. The van der Waals surface area contributed by atoms with E-state index in [1.165, 1.54) is 24.3 Å². The molecule has 2 aromatic rings. The minimum absolute atomic E-state index is 0.00803. The number of ether oxygens (including phenoxy) is 4. The van der Waals surface area contributed by atoms with Crippen molar-refractivity contribution in [3.05, 3.63) is 70.1 Å². The van der Waals surface area contributed by atoms with Crippen LogP contribution >= 0.6 is 12.2 Å². The highest BCUT2D eigenvalue weighted by molar-refractivity contribution is 7.80. The molecule has 0 saturated carbocycles. The minimum atomic E-state index is -1.61. The summed E-state index contributed by atoms with van der Waals surface area (Å²) >= 11 is 5.46. The van der Waals surface area contributed by atoms with Gasteiger partial charge in [-0.1, -0.05) is 18.6 Å². The van der Waals surface area contributed by atoms with Gasteiger partial charge in [-0.3, -0.25) is 0 Å². The Morgan fingerprint density at radius 2 is 1.59 bits per heavy atom. The van der Waals surface area contributed by atoms with Crippen LogP contribution in [0.2, 0.25) is 0 Å². The Morgan fingerprint density at radius 3 is 2.15 bits per heavy atom. The van der Waals surface area contributed by atoms with Crippen molar-refractivity contribution >= 4 is 17.3 Å². The number of aromatic hydroxyl groups is 2. The Kier molecular flexibility index (Phi) is 12.5. The molecule has 0 fully saturated rings. The molecule has 222 valence electrons. The summed E-state index contributed by atoms with van der Waals surface area (Å²) in [6.45, 7) is 9.56. The lowest BCUT2D eigenvalue weighted by Crippen LogP contribution is -2.44. The van der Waals surface area contributed by atoms with Gasteiger partial charge in [0.05, 0.1) is 39.6 Å². The normalized spacial score (nSPS) is 13.6. The molecule has 0 radical (unpaired) electrons. The first kappa shape index (κ1) is 31.9. The highest BCUT2D eigenvalue weighted by Crippen LogP contribution is 2.52.